The molecule has 0 spiro atoms. The SMILES string of the molecule is COc1cccc([C@H](C)NC(C)CS(C)(=O)=O)c1. The summed E-state index contributed by atoms with van der Waals surface area (Å²) in [5, 5.41) is 3.27. The summed E-state index contributed by atoms with van der Waals surface area (Å²) in [6, 6.07) is 7.75. The van der Waals surface area contributed by atoms with Crippen LogP contribution in [-0.4, -0.2) is 33.6 Å². The van der Waals surface area contributed by atoms with E-state index in [2.05, 4.69) is 5.32 Å². The topological polar surface area (TPSA) is 55.4 Å². The molecule has 1 aromatic carbocycles. The van der Waals surface area contributed by atoms with Crippen LogP contribution in [0.15, 0.2) is 24.3 Å². The predicted molar refractivity (Wildman–Crippen MR) is 73.7 cm³/mol. The molecular weight excluding hydrogens is 250 g/mol. The number of rotatable bonds is 6. The molecule has 0 fully saturated rings. The number of hydrogen-bond donors (Lipinski definition) is 1. The van der Waals surface area contributed by atoms with Crippen molar-refractivity contribution in [3.63, 3.8) is 0 Å². The molecule has 4 nitrogen and oxygen atoms in total. The fraction of sp³-hybridized carbons (Fsp3) is 0.538. The van der Waals surface area contributed by atoms with Crippen molar-refractivity contribution in [2.75, 3.05) is 19.1 Å². The number of ether oxygens (including phenoxy) is 1. The van der Waals surface area contributed by atoms with Gasteiger partial charge in [-0.1, -0.05) is 12.1 Å². The molecule has 0 amide bonds. The molecular formula is C13H21NO3S. The molecule has 0 heterocycles. The number of benzene rings is 1. The molecule has 5 heteroatoms. The first-order chi connectivity index (χ1) is 8.31. The fourth-order valence-electron chi connectivity index (χ4n) is 1.94. The van der Waals surface area contributed by atoms with Crippen molar-refractivity contribution in [3.8, 4) is 5.75 Å². The van der Waals surface area contributed by atoms with Gasteiger partial charge in [0, 0.05) is 18.3 Å². The highest BCUT2D eigenvalue weighted by molar-refractivity contribution is 7.90. The van der Waals surface area contributed by atoms with E-state index in [0.717, 1.165) is 11.3 Å². The standard InChI is InChI=1S/C13H21NO3S/c1-10(9-18(4,15)16)14-11(2)12-6-5-7-13(8-12)17-3/h5-8,10-11,14H,9H2,1-4H3/t10?,11-/m0/s1. The van der Waals surface area contributed by atoms with Crippen LogP contribution in [0.2, 0.25) is 0 Å². The minimum absolute atomic E-state index is 0.0804. The molecule has 0 bridgehead atoms. The van der Waals surface area contributed by atoms with Crippen molar-refractivity contribution in [1.82, 2.24) is 5.32 Å². The second kappa shape index (κ2) is 6.20. The van der Waals surface area contributed by atoms with Crippen LogP contribution < -0.4 is 10.1 Å². The van der Waals surface area contributed by atoms with Crippen LogP contribution in [0.3, 0.4) is 0 Å². The third-order valence-electron chi connectivity index (χ3n) is 2.68. The van der Waals surface area contributed by atoms with Crippen molar-refractivity contribution < 1.29 is 13.2 Å². The number of methoxy groups -OCH3 is 1. The van der Waals surface area contributed by atoms with Gasteiger partial charge in [-0.05, 0) is 31.5 Å². The zero-order chi connectivity index (χ0) is 13.8. The van der Waals surface area contributed by atoms with Crippen molar-refractivity contribution in [2.24, 2.45) is 0 Å². The molecule has 0 saturated heterocycles. The zero-order valence-electron chi connectivity index (χ0n) is 11.3. The van der Waals surface area contributed by atoms with Gasteiger partial charge in [-0.3, -0.25) is 0 Å². The summed E-state index contributed by atoms with van der Waals surface area (Å²) in [6.07, 6.45) is 1.25. The Hall–Kier alpha value is -1.07. The average Bonchev–Trinajstić information content (AvgIpc) is 2.26. The Kier molecular flexibility index (Phi) is 5.16. The van der Waals surface area contributed by atoms with E-state index in [-0.39, 0.29) is 17.8 Å². The maximum atomic E-state index is 11.2. The molecule has 0 saturated carbocycles. The van der Waals surface area contributed by atoms with Crippen LogP contribution in [0.1, 0.15) is 25.5 Å². The Labute approximate surface area is 109 Å². The van der Waals surface area contributed by atoms with Crippen LogP contribution >= 0.6 is 0 Å². The highest BCUT2D eigenvalue weighted by Gasteiger charge is 2.14. The number of sulfone groups is 1. The highest BCUT2D eigenvalue weighted by atomic mass is 32.2. The molecule has 0 aliphatic carbocycles. The smallest absolute Gasteiger partial charge is 0.148 e. The van der Waals surface area contributed by atoms with E-state index in [4.69, 9.17) is 4.74 Å². The lowest BCUT2D eigenvalue weighted by Gasteiger charge is -2.20. The molecule has 1 aromatic rings. The third-order valence-corrected chi connectivity index (χ3v) is 3.79. The highest BCUT2D eigenvalue weighted by Crippen LogP contribution is 2.19. The summed E-state index contributed by atoms with van der Waals surface area (Å²) in [5.74, 6) is 0.943. The first kappa shape index (κ1) is 15.0. The minimum Gasteiger partial charge on any atom is -0.497 e. The van der Waals surface area contributed by atoms with Gasteiger partial charge in [0.05, 0.1) is 12.9 Å². The Balaban J connectivity index is 2.67. The van der Waals surface area contributed by atoms with E-state index in [1.165, 1.54) is 6.26 Å². The minimum atomic E-state index is -2.95. The summed E-state index contributed by atoms with van der Waals surface area (Å²) in [4.78, 5) is 0. The van der Waals surface area contributed by atoms with Crippen LogP contribution in [0, 0.1) is 0 Å². The maximum absolute atomic E-state index is 11.2. The summed E-state index contributed by atoms with van der Waals surface area (Å²) < 4.78 is 27.6. The predicted octanol–water partition coefficient (Wildman–Crippen LogP) is 1.78. The number of hydrogen-bond acceptors (Lipinski definition) is 4. The van der Waals surface area contributed by atoms with Crippen LogP contribution in [0.25, 0.3) is 0 Å². The van der Waals surface area contributed by atoms with Gasteiger partial charge in [-0.2, -0.15) is 0 Å². The molecule has 1 N–H and O–H groups in total. The maximum Gasteiger partial charge on any atom is 0.148 e. The van der Waals surface area contributed by atoms with Gasteiger partial charge in [0.25, 0.3) is 0 Å². The van der Waals surface area contributed by atoms with Crippen molar-refractivity contribution in [2.45, 2.75) is 25.9 Å². The van der Waals surface area contributed by atoms with Crippen molar-refractivity contribution >= 4 is 9.84 Å². The van der Waals surface area contributed by atoms with Gasteiger partial charge in [-0.25, -0.2) is 8.42 Å². The van der Waals surface area contributed by atoms with Gasteiger partial charge < -0.3 is 10.1 Å². The first-order valence-corrected chi connectivity index (χ1v) is 7.95. The zero-order valence-corrected chi connectivity index (χ0v) is 12.1. The fourth-order valence-corrected chi connectivity index (χ4v) is 2.94. The Bertz CT molecular complexity index is 485. The normalized spacial score (nSPS) is 15.1. The van der Waals surface area contributed by atoms with E-state index >= 15 is 0 Å². The lowest BCUT2D eigenvalue weighted by atomic mass is 10.1. The Morgan fingerprint density at radius 3 is 2.56 bits per heavy atom. The molecule has 0 aliphatic rings. The van der Waals surface area contributed by atoms with Crippen molar-refractivity contribution in [1.29, 1.82) is 0 Å². The Morgan fingerprint density at radius 2 is 2.00 bits per heavy atom. The lowest BCUT2D eigenvalue weighted by molar-refractivity contribution is 0.412. The van der Waals surface area contributed by atoms with Gasteiger partial charge in [0.1, 0.15) is 15.6 Å². The number of nitrogens with one attached hydrogen (secondary N) is 1. The molecule has 0 radical (unpaired) electrons. The molecule has 0 aliphatic heterocycles. The van der Waals surface area contributed by atoms with Crippen LogP contribution in [0.5, 0.6) is 5.75 Å². The van der Waals surface area contributed by atoms with Gasteiger partial charge in [0.2, 0.25) is 0 Å². The first-order valence-electron chi connectivity index (χ1n) is 5.89. The molecule has 18 heavy (non-hydrogen) atoms. The van der Waals surface area contributed by atoms with Gasteiger partial charge >= 0.3 is 0 Å². The van der Waals surface area contributed by atoms with E-state index < -0.39 is 9.84 Å². The molecule has 1 rings (SSSR count). The van der Waals surface area contributed by atoms with E-state index in [1.807, 2.05) is 38.1 Å². The monoisotopic (exact) mass is 271 g/mol. The quantitative estimate of drug-likeness (QED) is 0.857. The lowest BCUT2D eigenvalue weighted by Crippen LogP contribution is -2.34. The summed E-state index contributed by atoms with van der Waals surface area (Å²) in [7, 11) is -1.32. The summed E-state index contributed by atoms with van der Waals surface area (Å²) in [5.41, 5.74) is 1.08. The summed E-state index contributed by atoms with van der Waals surface area (Å²) >= 11 is 0. The Morgan fingerprint density at radius 1 is 1.33 bits per heavy atom. The van der Waals surface area contributed by atoms with E-state index in [0.29, 0.717) is 0 Å². The summed E-state index contributed by atoms with van der Waals surface area (Å²) in [6.45, 7) is 3.88. The molecule has 2 atom stereocenters. The van der Waals surface area contributed by atoms with Crippen LogP contribution in [-0.2, 0) is 9.84 Å². The van der Waals surface area contributed by atoms with Gasteiger partial charge in [0.15, 0.2) is 0 Å². The van der Waals surface area contributed by atoms with Crippen molar-refractivity contribution in [3.05, 3.63) is 29.8 Å². The molecule has 0 aromatic heterocycles. The second-order valence-electron chi connectivity index (χ2n) is 4.66. The molecule has 1 unspecified atom stereocenters. The average molecular weight is 271 g/mol. The third kappa shape index (κ3) is 5.06. The van der Waals surface area contributed by atoms with Gasteiger partial charge in [-0.15, -0.1) is 0 Å². The molecule has 102 valence electrons. The second-order valence-corrected chi connectivity index (χ2v) is 6.84. The van der Waals surface area contributed by atoms with Crippen LogP contribution in [0.4, 0.5) is 0 Å². The largest absolute Gasteiger partial charge is 0.497 e. The van der Waals surface area contributed by atoms with E-state index in [1.54, 1.807) is 7.11 Å². The van der Waals surface area contributed by atoms with E-state index in [9.17, 15) is 8.42 Å².